The van der Waals surface area contributed by atoms with Crippen LogP contribution in [0.3, 0.4) is 0 Å². The molecule has 7 atom stereocenters. The molecule has 47 heavy (non-hydrogen) atoms. The van der Waals surface area contributed by atoms with Gasteiger partial charge in [0.15, 0.2) is 0 Å². The molecule has 2 bridgehead atoms. The van der Waals surface area contributed by atoms with Gasteiger partial charge < -0.3 is 5.32 Å². The highest BCUT2D eigenvalue weighted by molar-refractivity contribution is 8.00. The fraction of sp³-hybridized carbons (Fsp3) is 0.368. The summed E-state index contributed by atoms with van der Waals surface area (Å²) in [5, 5.41) is 3.84. The number of hydrogen-bond acceptors (Lipinski definition) is 6. The van der Waals surface area contributed by atoms with Crippen molar-refractivity contribution in [1.29, 1.82) is 0 Å². The molecule has 2 aliphatic heterocycles. The Morgan fingerprint density at radius 2 is 1.60 bits per heavy atom. The van der Waals surface area contributed by atoms with Crippen LogP contribution >= 0.6 is 23.1 Å². The van der Waals surface area contributed by atoms with Gasteiger partial charge in [0.2, 0.25) is 17.7 Å². The van der Waals surface area contributed by atoms with Crippen LogP contribution in [0.5, 0.6) is 0 Å². The van der Waals surface area contributed by atoms with Crippen molar-refractivity contribution in [3.63, 3.8) is 0 Å². The zero-order valence-corrected chi connectivity index (χ0v) is 28.4. The molecule has 2 aliphatic carbocycles. The molecule has 1 saturated heterocycles. The Hall–Kier alpha value is -3.95. The number of rotatable bonds is 5. The van der Waals surface area contributed by atoms with E-state index < -0.39 is 0 Å². The predicted molar refractivity (Wildman–Crippen MR) is 186 cm³/mol. The number of carbonyl (C=O) groups excluding carboxylic acids is 3. The van der Waals surface area contributed by atoms with Crippen molar-refractivity contribution in [2.75, 3.05) is 10.2 Å². The van der Waals surface area contributed by atoms with E-state index in [9.17, 15) is 19.2 Å². The van der Waals surface area contributed by atoms with Gasteiger partial charge in [0.05, 0.1) is 22.5 Å². The van der Waals surface area contributed by atoms with E-state index in [0.717, 1.165) is 27.5 Å². The van der Waals surface area contributed by atoms with Crippen LogP contribution in [-0.4, -0.2) is 27.5 Å². The van der Waals surface area contributed by atoms with Gasteiger partial charge >= 0.3 is 4.87 Å². The molecular formula is C38H37N3O4S2. The maximum absolute atomic E-state index is 14.1. The Morgan fingerprint density at radius 3 is 2.28 bits per heavy atom. The summed E-state index contributed by atoms with van der Waals surface area (Å²) in [6, 6.07) is 25.6. The number of fused-ring (bicyclic) bond motifs is 9. The minimum atomic E-state index is -0.365. The average molecular weight is 664 g/mol. The maximum atomic E-state index is 14.1. The number of aromatic nitrogens is 1. The Labute approximate surface area is 282 Å². The van der Waals surface area contributed by atoms with Gasteiger partial charge in [-0.2, -0.15) is 0 Å². The topological polar surface area (TPSA) is 88.5 Å². The zero-order chi connectivity index (χ0) is 32.8. The Morgan fingerprint density at radius 1 is 0.894 bits per heavy atom. The highest BCUT2D eigenvalue weighted by Crippen LogP contribution is 2.69. The Bertz CT molecular complexity index is 1980. The van der Waals surface area contributed by atoms with E-state index in [1.165, 1.54) is 21.8 Å². The number of thioether (sulfide) groups is 1. The quantitative estimate of drug-likeness (QED) is 0.237. The van der Waals surface area contributed by atoms with E-state index in [4.69, 9.17) is 0 Å². The molecule has 7 nitrogen and oxygen atoms in total. The molecule has 0 spiro atoms. The first-order valence-electron chi connectivity index (χ1n) is 16.3. The molecule has 3 fully saturated rings. The van der Waals surface area contributed by atoms with Crippen molar-refractivity contribution in [2.24, 2.45) is 29.6 Å². The third-order valence-electron chi connectivity index (χ3n) is 10.7. The molecule has 240 valence electrons. The van der Waals surface area contributed by atoms with E-state index in [1.807, 2.05) is 61.5 Å². The molecule has 3 heterocycles. The van der Waals surface area contributed by atoms with Gasteiger partial charge in [-0.25, -0.2) is 0 Å². The van der Waals surface area contributed by atoms with Gasteiger partial charge in [-0.3, -0.25) is 28.6 Å². The van der Waals surface area contributed by atoms with Crippen LogP contribution in [0.15, 0.2) is 88.7 Å². The van der Waals surface area contributed by atoms with Crippen LogP contribution in [-0.2, 0) is 26.3 Å². The van der Waals surface area contributed by atoms with Crippen molar-refractivity contribution in [3.8, 4) is 0 Å². The van der Waals surface area contributed by atoms with Crippen LogP contribution in [0.4, 0.5) is 11.4 Å². The molecule has 4 aromatic rings. The number of benzene rings is 3. The number of anilines is 2. The fourth-order valence-corrected chi connectivity index (χ4v) is 11.9. The van der Waals surface area contributed by atoms with E-state index in [1.54, 1.807) is 16.3 Å². The average Bonchev–Trinajstić information content (AvgIpc) is 3.75. The summed E-state index contributed by atoms with van der Waals surface area (Å²) in [4.78, 5) is 57.3. The van der Waals surface area contributed by atoms with Gasteiger partial charge in [0.1, 0.15) is 6.54 Å². The molecule has 1 aromatic heterocycles. The summed E-state index contributed by atoms with van der Waals surface area (Å²) < 4.78 is 1.63. The lowest BCUT2D eigenvalue weighted by Gasteiger charge is -2.43. The minimum absolute atomic E-state index is 0.00931. The standard InChI is InChI=1S/C38H37N3O4S2/c1-20-9-8-10-23(17-20)39-27(42)19-40-36-33(47-37(40)45)28(21-13-15-22(16-14-21)38(2,3)4)29-25-18-26(32(29)46-36)31-30(25)34(43)41(35(31)44)24-11-6-5-7-12-24/h5-17,25-26,28-32H,18-19H2,1-4H3,(H,39,42). The highest BCUT2D eigenvalue weighted by atomic mass is 32.2. The van der Waals surface area contributed by atoms with Crippen LogP contribution in [0.2, 0.25) is 0 Å². The number of thiazole rings is 1. The van der Waals surface area contributed by atoms with Crippen LogP contribution in [0.25, 0.3) is 0 Å². The number of nitrogens with one attached hydrogen (secondary N) is 1. The van der Waals surface area contributed by atoms with Gasteiger partial charge in [-0.05, 0) is 77.5 Å². The first-order valence-corrected chi connectivity index (χ1v) is 18.0. The van der Waals surface area contributed by atoms with Crippen LogP contribution in [0, 0.1) is 36.5 Å². The molecule has 8 rings (SSSR count). The second-order valence-electron chi connectivity index (χ2n) is 14.5. The first-order chi connectivity index (χ1) is 22.5. The summed E-state index contributed by atoms with van der Waals surface area (Å²) in [6.45, 7) is 8.46. The molecule has 9 heteroatoms. The number of carbonyl (C=O) groups is 3. The largest absolute Gasteiger partial charge is 0.325 e. The van der Waals surface area contributed by atoms with Crippen LogP contribution < -0.4 is 15.1 Å². The third kappa shape index (κ3) is 4.84. The summed E-state index contributed by atoms with van der Waals surface area (Å²) in [5.41, 5.74) is 4.70. The second kappa shape index (κ2) is 11.1. The molecule has 3 aromatic carbocycles. The Balaban J connectivity index is 1.19. The van der Waals surface area contributed by atoms with Crippen molar-refractivity contribution < 1.29 is 14.4 Å². The lowest BCUT2D eigenvalue weighted by atomic mass is 9.68. The van der Waals surface area contributed by atoms with E-state index >= 15 is 0 Å². The van der Waals surface area contributed by atoms with E-state index in [-0.39, 0.29) is 75.3 Å². The number of aryl methyl sites for hydroxylation is 1. The first kappa shape index (κ1) is 30.4. The molecule has 4 aliphatic rings. The van der Waals surface area contributed by atoms with Crippen molar-refractivity contribution in [2.45, 2.75) is 62.3 Å². The number of hydrogen-bond donors (Lipinski definition) is 1. The van der Waals surface area contributed by atoms with Gasteiger partial charge in [-0.1, -0.05) is 86.7 Å². The van der Waals surface area contributed by atoms with Crippen molar-refractivity contribution >= 4 is 52.2 Å². The number of imide groups is 1. The smallest absolute Gasteiger partial charge is 0.308 e. The van der Waals surface area contributed by atoms with E-state index in [2.05, 4.69) is 50.4 Å². The maximum Gasteiger partial charge on any atom is 0.308 e. The predicted octanol–water partition coefficient (Wildman–Crippen LogP) is 6.83. The van der Waals surface area contributed by atoms with Crippen LogP contribution in [0.1, 0.15) is 54.7 Å². The summed E-state index contributed by atoms with van der Waals surface area (Å²) in [7, 11) is 0. The number of amides is 3. The summed E-state index contributed by atoms with van der Waals surface area (Å²) >= 11 is 2.88. The second-order valence-corrected chi connectivity index (χ2v) is 16.7. The normalized spacial score (nSPS) is 27.5. The molecule has 0 radical (unpaired) electrons. The lowest BCUT2D eigenvalue weighted by molar-refractivity contribution is -0.123. The van der Waals surface area contributed by atoms with Crippen molar-refractivity contribution in [3.05, 3.63) is 110 Å². The Kier molecular flexibility index (Phi) is 7.15. The third-order valence-corrected chi connectivity index (χ3v) is 13.5. The fourth-order valence-electron chi connectivity index (χ4n) is 8.72. The number of nitrogens with zero attached hydrogens (tertiary/aromatic N) is 2. The molecule has 7 unspecified atom stereocenters. The number of para-hydroxylation sites is 1. The zero-order valence-electron chi connectivity index (χ0n) is 26.8. The van der Waals surface area contributed by atoms with Gasteiger partial charge in [-0.15, -0.1) is 11.8 Å². The summed E-state index contributed by atoms with van der Waals surface area (Å²) in [5.74, 6) is -1.13. The van der Waals surface area contributed by atoms with E-state index in [0.29, 0.717) is 11.4 Å². The molecular weight excluding hydrogens is 627 g/mol. The SMILES string of the molecule is Cc1cccc(NC(=O)Cn2c3c(sc2=O)C(c2ccc(C(C)(C)C)cc2)C2C4CC(C2S3)C2C(=O)N(c3ccccc3)C(=O)C42)c1. The monoisotopic (exact) mass is 663 g/mol. The summed E-state index contributed by atoms with van der Waals surface area (Å²) in [6.07, 6.45) is 0.821. The lowest BCUT2D eigenvalue weighted by Crippen LogP contribution is -2.43. The van der Waals surface area contributed by atoms with Gasteiger partial charge in [0, 0.05) is 21.7 Å². The molecule has 2 saturated carbocycles. The molecule has 3 amide bonds. The van der Waals surface area contributed by atoms with Gasteiger partial charge in [0.25, 0.3) is 0 Å². The molecule has 1 N–H and O–H groups in total. The highest BCUT2D eigenvalue weighted by Gasteiger charge is 2.69. The van der Waals surface area contributed by atoms with Crippen molar-refractivity contribution in [1.82, 2.24) is 4.57 Å². The minimum Gasteiger partial charge on any atom is -0.325 e.